The van der Waals surface area contributed by atoms with Crippen LogP contribution in [0.2, 0.25) is 0 Å². The Bertz CT molecular complexity index is 141. The molecule has 0 amide bonds. The molecule has 1 fully saturated rings. The van der Waals surface area contributed by atoms with Crippen LogP contribution in [0.1, 0.15) is 39.5 Å². The maximum Gasteiger partial charge on any atom is 0.0468 e. The van der Waals surface area contributed by atoms with Crippen LogP contribution in [-0.2, 0) is 0 Å². The summed E-state index contributed by atoms with van der Waals surface area (Å²) in [6.07, 6.45) is 5.53. The molecule has 0 aromatic rings. The third-order valence-electron chi connectivity index (χ3n) is 3.17. The van der Waals surface area contributed by atoms with Gasteiger partial charge in [-0.15, -0.1) is 0 Å². The van der Waals surface area contributed by atoms with E-state index in [9.17, 15) is 0 Å². The molecule has 0 aliphatic heterocycles. The molecule has 0 spiro atoms. The van der Waals surface area contributed by atoms with E-state index in [0.29, 0.717) is 17.9 Å². The number of hydrogen-bond acceptors (Lipinski definition) is 2. The molecular formula is C11H23NO. The summed E-state index contributed by atoms with van der Waals surface area (Å²) in [6, 6.07) is 0. The average Bonchev–Trinajstić information content (AvgIpc) is 2.52. The van der Waals surface area contributed by atoms with Gasteiger partial charge in [-0.2, -0.15) is 0 Å². The largest absolute Gasteiger partial charge is 0.396 e. The summed E-state index contributed by atoms with van der Waals surface area (Å²) in [7, 11) is 0. The number of aliphatic hydroxyl groups excluding tert-OH is 1. The molecule has 0 aromatic carbocycles. The molecule has 0 radical (unpaired) electrons. The molecule has 0 bridgehead atoms. The fraction of sp³-hybridized carbons (Fsp3) is 1.00. The molecule has 0 saturated heterocycles. The van der Waals surface area contributed by atoms with Gasteiger partial charge in [0.1, 0.15) is 0 Å². The Hall–Kier alpha value is -0.0800. The summed E-state index contributed by atoms with van der Waals surface area (Å²) in [5.41, 5.74) is 0.537. The van der Waals surface area contributed by atoms with Gasteiger partial charge in [0.25, 0.3) is 0 Å². The number of aliphatic hydroxyl groups is 1. The lowest BCUT2D eigenvalue weighted by molar-refractivity contribution is 0.224. The van der Waals surface area contributed by atoms with Gasteiger partial charge in [-0.1, -0.05) is 26.7 Å². The molecule has 78 valence electrons. The standard InChI is InChI=1S/C11H23NO/c1-10(8-13)7-12-9-11(2)5-3-4-6-11/h10,12-13H,3-9H2,1-2H3. The molecule has 2 N–H and O–H groups in total. The minimum absolute atomic E-state index is 0.295. The average molecular weight is 185 g/mol. The van der Waals surface area contributed by atoms with Gasteiger partial charge in [-0.05, 0) is 30.7 Å². The van der Waals surface area contributed by atoms with E-state index in [4.69, 9.17) is 5.11 Å². The normalized spacial score (nSPS) is 23.3. The van der Waals surface area contributed by atoms with Gasteiger partial charge in [0, 0.05) is 13.2 Å². The van der Waals surface area contributed by atoms with Crippen LogP contribution in [0.4, 0.5) is 0 Å². The van der Waals surface area contributed by atoms with Gasteiger partial charge >= 0.3 is 0 Å². The van der Waals surface area contributed by atoms with Crippen molar-refractivity contribution in [3.05, 3.63) is 0 Å². The lowest BCUT2D eigenvalue weighted by Crippen LogP contribution is -2.33. The number of rotatable bonds is 5. The molecule has 0 aromatic heterocycles. The van der Waals surface area contributed by atoms with Crippen molar-refractivity contribution in [2.45, 2.75) is 39.5 Å². The number of hydrogen-bond donors (Lipinski definition) is 2. The predicted molar refractivity (Wildman–Crippen MR) is 55.7 cm³/mol. The molecule has 1 saturated carbocycles. The van der Waals surface area contributed by atoms with Crippen molar-refractivity contribution in [1.82, 2.24) is 5.32 Å². The lowest BCUT2D eigenvalue weighted by atomic mass is 9.89. The summed E-state index contributed by atoms with van der Waals surface area (Å²) < 4.78 is 0. The van der Waals surface area contributed by atoms with Gasteiger partial charge in [-0.3, -0.25) is 0 Å². The monoisotopic (exact) mass is 185 g/mol. The SMILES string of the molecule is CC(CO)CNCC1(C)CCCC1. The molecule has 2 nitrogen and oxygen atoms in total. The van der Waals surface area contributed by atoms with Crippen LogP contribution in [0.3, 0.4) is 0 Å². The Morgan fingerprint density at radius 3 is 2.54 bits per heavy atom. The molecule has 1 unspecified atom stereocenters. The molecule has 1 atom stereocenters. The minimum atomic E-state index is 0.295. The van der Waals surface area contributed by atoms with Gasteiger partial charge in [-0.25, -0.2) is 0 Å². The fourth-order valence-electron chi connectivity index (χ4n) is 2.09. The van der Waals surface area contributed by atoms with Crippen molar-refractivity contribution in [3.63, 3.8) is 0 Å². The third kappa shape index (κ3) is 3.65. The molecule has 2 heteroatoms. The van der Waals surface area contributed by atoms with E-state index in [1.165, 1.54) is 25.7 Å². The van der Waals surface area contributed by atoms with E-state index in [0.717, 1.165) is 13.1 Å². The quantitative estimate of drug-likeness (QED) is 0.684. The predicted octanol–water partition coefficient (Wildman–Crippen LogP) is 1.78. The molecule has 0 heterocycles. The van der Waals surface area contributed by atoms with E-state index >= 15 is 0 Å². The van der Waals surface area contributed by atoms with Crippen LogP contribution in [0, 0.1) is 11.3 Å². The van der Waals surface area contributed by atoms with E-state index < -0.39 is 0 Å². The second-order valence-electron chi connectivity index (χ2n) is 4.94. The smallest absolute Gasteiger partial charge is 0.0468 e. The lowest BCUT2D eigenvalue weighted by Gasteiger charge is -2.24. The summed E-state index contributed by atoms with van der Waals surface area (Å²) >= 11 is 0. The second-order valence-corrected chi connectivity index (χ2v) is 4.94. The Balaban J connectivity index is 2.11. The zero-order valence-corrected chi connectivity index (χ0v) is 8.97. The Labute approximate surface area is 81.7 Å². The zero-order valence-electron chi connectivity index (χ0n) is 8.97. The summed E-state index contributed by atoms with van der Waals surface area (Å²) in [4.78, 5) is 0. The van der Waals surface area contributed by atoms with Gasteiger partial charge in [0.05, 0.1) is 0 Å². The van der Waals surface area contributed by atoms with Gasteiger partial charge < -0.3 is 10.4 Å². The third-order valence-corrected chi connectivity index (χ3v) is 3.17. The maximum absolute atomic E-state index is 8.85. The molecule has 1 rings (SSSR count). The molecule has 1 aliphatic carbocycles. The van der Waals surface area contributed by atoms with Crippen LogP contribution in [0.5, 0.6) is 0 Å². The van der Waals surface area contributed by atoms with E-state index in [2.05, 4.69) is 19.2 Å². The van der Waals surface area contributed by atoms with Crippen LogP contribution in [0.15, 0.2) is 0 Å². The topological polar surface area (TPSA) is 32.3 Å². The van der Waals surface area contributed by atoms with Crippen molar-refractivity contribution in [1.29, 1.82) is 0 Å². The minimum Gasteiger partial charge on any atom is -0.396 e. The van der Waals surface area contributed by atoms with Gasteiger partial charge in [0.2, 0.25) is 0 Å². The maximum atomic E-state index is 8.85. The Morgan fingerprint density at radius 2 is 2.00 bits per heavy atom. The first-order chi connectivity index (χ1) is 6.16. The highest BCUT2D eigenvalue weighted by molar-refractivity contribution is 4.82. The second kappa shape index (κ2) is 4.97. The Kier molecular flexibility index (Phi) is 4.20. The Morgan fingerprint density at radius 1 is 1.38 bits per heavy atom. The highest BCUT2D eigenvalue weighted by Crippen LogP contribution is 2.36. The molecular weight excluding hydrogens is 162 g/mol. The fourth-order valence-corrected chi connectivity index (χ4v) is 2.09. The van der Waals surface area contributed by atoms with E-state index in [1.807, 2.05) is 0 Å². The van der Waals surface area contributed by atoms with Crippen LogP contribution < -0.4 is 5.32 Å². The zero-order chi connectivity index (χ0) is 9.73. The van der Waals surface area contributed by atoms with Crippen LogP contribution in [0.25, 0.3) is 0 Å². The van der Waals surface area contributed by atoms with Crippen molar-refractivity contribution < 1.29 is 5.11 Å². The van der Waals surface area contributed by atoms with E-state index in [1.54, 1.807) is 0 Å². The van der Waals surface area contributed by atoms with Crippen molar-refractivity contribution in [2.24, 2.45) is 11.3 Å². The van der Waals surface area contributed by atoms with Crippen molar-refractivity contribution in [3.8, 4) is 0 Å². The molecule has 1 aliphatic rings. The van der Waals surface area contributed by atoms with Gasteiger partial charge in [0.15, 0.2) is 0 Å². The summed E-state index contributed by atoms with van der Waals surface area (Å²) in [5, 5.41) is 12.3. The first-order valence-corrected chi connectivity index (χ1v) is 5.48. The highest BCUT2D eigenvalue weighted by Gasteiger charge is 2.27. The summed E-state index contributed by atoms with van der Waals surface area (Å²) in [5.74, 6) is 0.394. The number of nitrogens with one attached hydrogen (secondary N) is 1. The summed E-state index contributed by atoms with van der Waals surface area (Å²) in [6.45, 7) is 6.81. The highest BCUT2D eigenvalue weighted by atomic mass is 16.3. The van der Waals surface area contributed by atoms with Crippen LogP contribution >= 0.6 is 0 Å². The van der Waals surface area contributed by atoms with Crippen molar-refractivity contribution >= 4 is 0 Å². The first-order valence-electron chi connectivity index (χ1n) is 5.48. The van der Waals surface area contributed by atoms with Crippen molar-refractivity contribution in [2.75, 3.05) is 19.7 Å². The first kappa shape index (κ1) is 11.0. The van der Waals surface area contributed by atoms with Crippen LogP contribution in [-0.4, -0.2) is 24.8 Å². The molecule has 13 heavy (non-hydrogen) atoms. The van der Waals surface area contributed by atoms with E-state index in [-0.39, 0.29) is 0 Å².